The third-order valence-electron chi connectivity index (χ3n) is 4.68. The van der Waals surface area contributed by atoms with Crippen LogP contribution in [0, 0.1) is 0 Å². The van der Waals surface area contributed by atoms with Gasteiger partial charge in [-0.05, 0) is 43.4 Å². The molecule has 0 aliphatic carbocycles. The van der Waals surface area contributed by atoms with Gasteiger partial charge in [0, 0.05) is 18.8 Å². The SMILES string of the molecule is CCCCCCCCN(CCCC)c1ccc(CCCC)cc1. The molecule has 0 heterocycles. The van der Waals surface area contributed by atoms with Crippen molar-refractivity contribution in [1.82, 2.24) is 0 Å². The summed E-state index contributed by atoms with van der Waals surface area (Å²) in [5.74, 6) is 0. The smallest absolute Gasteiger partial charge is 0.0366 e. The van der Waals surface area contributed by atoms with Crippen LogP contribution in [0.3, 0.4) is 0 Å². The number of unbranched alkanes of at least 4 members (excludes halogenated alkanes) is 7. The van der Waals surface area contributed by atoms with E-state index in [2.05, 4.69) is 49.9 Å². The van der Waals surface area contributed by atoms with Crippen LogP contribution in [0.1, 0.15) is 90.5 Å². The van der Waals surface area contributed by atoms with Gasteiger partial charge in [-0.2, -0.15) is 0 Å². The number of benzene rings is 1. The predicted octanol–water partition coefficient (Wildman–Crippen LogP) is 7.00. The summed E-state index contributed by atoms with van der Waals surface area (Å²) in [5, 5.41) is 0. The molecule has 0 aromatic heterocycles. The molecule has 0 radical (unpaired) electrons. The Morgan fingerprint density at radius 2 is 1.17 bits per heavy atom. The number of nitrogens with zero attached hydrogens (tertiary/aromatic N) is 1. The maximum atomic E-state index is 2.60. The van der Waals surface area contributed by atoms with Crippen molar-refractivity contribution in [3.05, 3.63) is 29.8 Å². The van der Waals surface area contributed by atoms with Crippen LogP contribution in [-0.4, -0.2) is 13.1 Å². The van der Waals surface area contributed by atoms with E-state index in [-0.39, 0.29) is 0 Å². The molecule has 1 heteroatoms. The molecular formula is C22H39N. The van der Waals surface area contributed by atoms with Crippen LogP contribution in [0.4, 0.5) is 5.69 Å². The number of rotatable bonds is 14. The molecule has 1 rings (SSSR count). The highest BCUT2D eigenvalue weighted by atomic mass is 15.1. The van der Waals surface area contributed by atoms with Gasteiger partial charge >= 0.3 is 0 Å². The van der Waals surface area contributed by atoms with Gasteiger partial charge in [-0.25, -0.2) is 0 Å². The van der Waals surface area contributed by atoms with Crippen molar-refractivity contribution >= 4 is 5.69 Å². The molecule has 0 aliphatic heterocycles. The lowest BCUT2D eigenvalue weighted by molar-refractivity contribution is 0.593. The average molecular weight is 318 g/mol. The van der Waals surface area contributed by atoms with Crippen molar-refractivity contribution in [3.8, 4) is 0 Å². The fourth-order valence-electron chi connectivity index (χ4n) is 3.06. The summed E-state index contributed by atoms with van der Waals surface area (Å²) in [4.78, 5) is 2.60. The maximum absolute atomic E-state index is 2.60. The Balaban J connectivity index is 2.45. The Morgan fingerprint density at radius 3 is 1.83 bits per heavy atom. The van der Waals surface area contributed by atoms with E-state index in [0.717, 1.165) is 0 Å². The minimum Gasteiger partial charge on any atom is -0.372 e. The summed E-state index contributed by atoms with van der Waals surface area (Å²) >= 11 is 0. The van der Waals surface area contributed by atoms with E-state index in [4.69, 9.17) is 0 Å². The lowest BCUT2D eigenvalue weighted by Crippen LogP contribution is -2.25. The fourth-order valence-corrected chi connectivity index (χ4v) is 3.06. The van der Waals surface area contributed by atoms with Crippen molar-refractivity contribution in [3.63, 3.8) is 0 Å². The minimum atomic E-state index is 1.21. The molecule has 0 saturated carbocycles. The Morgan fingerprint density at radius 1 is 0.609 bits per heavy atom. The molecular weight excluding hydrogens is 278 g/mol. The van der Waals surface area contributed by atoms with Crippen LogP contribution in [0.25, 0.3) is 0 Å². The fraction of sp³-hybridized carbons (Fsp3) is 0.727. The van der Waals surface area contributed by atoms with E-state index in [1.165, 1.54) is 95.0 Å². The first-order chi connectivity index (χ1) is 11.3. The first-order valence-corrected chi connectivity index (χ1v) is 10.2. The van der Waals surface area contributed by atoms with E-state index in [0.29, 0.717) is 0 Å². The molecule has 0 saturated heterocycles. The third kappa shape index (κ3) is 9.03. The van der Waals surface area contributed by atoms with Crippen LogP contribution in [-0.2, 0) is 6.42 Å². The molecule has 1 aromatic rings. The largest absolute Gasteiger partial charge is 0.372 e. The number of aryl methyl sites for hydroxylation is 1. The highest BCUT2D eigenvalue weighted by molar-refractivity contribution is 5.47. The molecule has 0 unspecified atom stereocenters. The van der Waals surface area contributed by atoms with Gasteiger partial charge in [0.2, 0.25) is 0 Å². The van der Waals surface area contributed by atoms with Crippen molar-refractivity contribution < 1.29 is 0 Å². The summed E-state index contributed by atoms with van der Waals surface area (Å²) in [5.41, 5.74) is 2.91. The molecule has 1 aromatic carbocycles. The molecule has 0 atom stereocenters. The summed E-state index contributed by atoms with van der Waals surface area (Å²) in [6.07, 6.45) is 14.7. The predicted molar refractivity (Wildman–Crippen MR) is 106 cm³/mol. The lowest BCUT2D eigenvalue weighted by atomic mass is 10.1. The van der Waals surface area contributed by atoms with Gasteiger partial charge in [0.1, 0.15) is 0 Å². The molecule has 132 valence electrons. The van der Waals surface area contributed by atoms with Crippen molar-refractivity contribution in [2.24, 2.45) is 0 Å². The minimum absolute atomic E-state index is 1.21. The van der Waals surface area contributed by atoms with E-state index in [1.807, 2.05) is 0 Å². The highest BCUT2D eigenvalue weighted by Gasteiger charge is 2.06. The quantitative estimate of drug-likeness (QED) is 0.334. The van der Waals surface area contributed by atoms with Crippen LogP contribution < -0.4 is 4.90 Å². The molecule has 0 fully saturated rings. The molecule has 0 amide bonds. The Kier molecular flexibility index (Phi) is 11.7. The van der Waals surface area contributed by atoms with Crippen molar-refractivity contribution in [2.75, 3.05) is 18.0 Å². The van der Waals surface area contributed by atoms with E-state index in [9.17, 15) is 0 Å². The summed E-state index contributed by atoms with van der Waals surface area (Å²) in [6.45, 7) is 9.27. The first kappa shape index (κ1) is 20.1. The number of anilines is 1. The topological polar surface area (TPSA) is 3.24 Å². The zero-order chi connectivity index (χ0) is 16.8. The van der Waals surface area contributed by atoms with Crippen LogP contribution in [0.15, 0.2) is 24.3 Å². The average Bonchev–Trinajstić information content (AvgIpc) is 2.59. The Hall–Kier alpha value is -0.980. The van der Waals surface area contributed by atoms with Gasteiger partial charge in [-0.1, -0.05) is 77.8 Å². The van der Waals surface area contributed by atoms with E-state index < -0.39 is 0 Å². The van der Waals surface area contributed by atoms with Gasteiger partial charge in [-0.15, -0.1) is 0 Å². The summed E-state index contributed by atoms with van der Waals surface area (Å²) < 4.78 is 0. The maximum Gasteiger partial charge on any atom is 0.0366 e. The van der Waals surface area contributed by atoms with Gasteiger partial charge < -0.3 is 4.90 Å². The van der Waals surface area contributed by atoms with Crippen LogP contribution in [0.2, 0.25) is 0 Å². The molecule has 23 heavy (non-hydrogen) atoms. The van der Waals surface area contributed by atoms with Crippen molar-refractivity contribution in [1.29, 1.82) is 0 Å². The summed E-state index contributed by atoms with van der Waals surface area (Å²) in [6, 6.07) is 9.37. The molecule has 0 bridgehead atoms. The number of hydrogen-bond donors (Lipinski definition) is 0. The van der Waals surface area contributed by atoms with Crippen molar-refractivity contribution in [2.45, 2.75) is 91.4 Å². The van der Waals surface area contributed by atoms with Gasteiger partial charge in [0.25, 0.3) is 0 Å². The van der Waals surface area contributed by atoms with Crippen LogP contribution >= 0.6 is 0 Å². The van der Waals surface area contributed by atoms with Gasteiger partial charge in [0.15, 0.2) is 0 Å². The standard InChI is InChI=1S/C22H39N/c1-4-7-10-11-12-13-20-23(19-9-6-3)22-17-15-21(16-18-22)14-8-5-2/h15-18H,4-14,19-20H2,1-3H3. The Bertz CT molecular complexity index is 368. The highest BCUT2D eigenvalue weighted by Crippen LogP contribution is 2.18. The second-order valence-electron chi connectivity index (χ2n) is 6.88. The first-order valence-electron chi connectivity index (χ1n) is 10.2. The zero-order valence-electron chi connectivity index (χ0n) is 15.9. The van der Waals surface area contributed by atoms with Crippen LogP contribution in [0.5, 0.6) is 0 Å². The Labute approximate surface area is 145 Å². The van der Waals surface area contributed by atoms with Gasteiger partial charge in [-0.3, -0.25) is 0 Å². The second kappa shape index (κ2) is 13.5. The lowest BCUT2D eigenvalue weighted by Gasteiger charge is -2.25. The zero-order valence-corrected chi connectivity index (χ0v) is 15.9. The van der Waals surface area contributed by atoms with E-state index in [1.54, 1.807) is 0 Å². The number of hydrogen-bond acceptors (Lipinski definition) is 1. The molecule has 0 spiro atoms. The second-order valence-corrected chi connectivity index (χ2v) is 6.88. The molecule has 0 N–H and O–H groups in total. The summed E-state index contributed by atoms with van der Waals surface area (Å²) in [7, 11) is 0. The van der Waals surface area contributed by atoms with Gasteiger partial charge in [0.05, 0.1) is 0 Å². The molecule has 1 nitrogen and oxygen atoms in total. The monoisotopic (exact) mass is 317 g/mol. The molecule has 0 aliphatic rings. The normalized spacial score (nSPS) is 10.9. The third-order valence-corrected chi connectivity index (χ3v) is 4.68. The van der Waals surface area contributed by atoms with E-state index >= 15 is 0 Å².